The standard InChI is InChI=1S/C17H26ClNO/c1-4-9-19-15-11-17(12(5-2)6-3)20-16-8-7-13(18)10-14(15)16/h7-8,10,12,15,17,19H,4-6,9,11H2,1-3H3. The smallest absolute Gasteiger partial charge is 0.124 e. The molecule has 1 N–H and O–H groups in total. The average molecular weight is 296 g/mol. The summed E-state index contributed by atoms with van der Waals surface area (Å²) in [6, 6.07) is 6.36. The molecule has 20 heavy (non-hydrogen) atoms. The SMILES string of the molecule is CCCNC1CC(C(CC)CC)Oc2ccc(Cl)cc21. The summed E-state index contributed by atoms with van der Waals surface area (Å²) >= 11 is 6.15. The summed E-state index contributed by atoms with van der Waals surface area (Å²) in [6.07, 6.45) is 4.84. The first kappa shape index (κ1) is 15.7. The monoisotopic (exact) mass is 295 g/mol. The molecule has 0 bridgehead atoms. The number of hydrogen-bond acceptors (Lipinski definition) is 2. The fourth-order valence-corrected chi connectivity index (χ4v) is 3.26. The van der Waals surface area contributed by atoms with Crippen LogP contribution in [0.1, 0.15) is 58.1 Å². The van der Waals surface area contributed by atoms with E-state index in [0.29, 0.717) is 18.1 Å². The molecule has 0 fully saturated rings. The van der Waals surface area contributed by atoms with E-state index in [2.05, 4.69) is 26.1 Å². The second-order valence-corrected chi connectivity index (χ2v) is 6.09. The fraction of sp³-hybridized carbons (Fsp3) is 0.647. The molecule has 1 aliphatic heterocycles. The van der Waals surface area contributed by atoms with Gasteiger partial charge in [0.15, 0.2) is 0 Å². The van der Waals surface area contributed by atoms with Crippen molar-refractivity contribution in [2.24, 2.45) is 5.92 Å². The summed E-state index contributed by atoms with van der Waals surface area (Å²) in [6.45, 7) is 7.74. The van der Waals surface area contributed by atoms with Crippen molar-refractivity contribution in [1.29, 1.82) is 0 Å². The molecule has 0 spiro atoms. The van der Waals surface area contributed by atoms with Crippen molar-refractivity contribution in [1.82, 2.24) is 5.32 Å². The Bertz CT molecular complexity index is 431. The third-order valence-corrected chi connectivity index (χ3v) is 4.54. The molecule has 1 aliphatic rings. The Labute approximate surface area is 127 Å². The molecule has 1 aromatic rings. The van der Waals surface area contributed by atoms with Crippen LogP contribution in [-0.2, 0) is 0 Å². The number of nitrogens with one attached hydrogen (secondary N) is 1. The lowest BCUT2D eigenvalue weighted by atomic mass is 9.87. The largest absolute Gasteiger partial charge is 0.490 e. The first-order valence-corrected chi connectivity index (χ1v) is 8.26. The highest BCUT2D eigenvalue weighted by atomic mass is 35.5. The number of benzene rings is 1. The van der Waals surface area contributed by atoms with Crippen molar-refractivity contribution >= 4 is 11.6 Å². The Morgan fingerprint density at radius 3 is 2.70 bits per heavy atom. The van der Waals surface area contributed by atoms with Gasteiger partial charge in [-0.25, -0.2) is 0 Å². The van der Waals surface area contributed by atoms with Crippen molar-refractivity contribution in [2.75, 3.05) is 6.54 Å². The van der Waals surface area contributed by atoms with Gasteiger partial charge in [0.1, 0.15) is 11.9 Å². The van der Waals surface area contributed by atoms with E-state index in [0.717, 1.165) is 30.2 Å². The minimum atomic E-state index is 0.313. The molecule has 3 heteroatoms. The molecule has 0 aliphatic carbocycles. The predicted molar refractivity (Wildman–Crippen MR) is 85.6 cm³/mol. The predicted octanol–water partition coefficient (Wildman–Crippen LogP) is 4.97. The van der Waals surface area contributed by atoms with Crippen molar-refractivity contribution in [2.45, 2.75) is 58.6 Å². The van der Waals surface area contributed by atoms with Crippen LogP contribution in [0.25, 0.3) is 0 Å². The molecular formula is C17H26ClNO. The molecule has 2 nitrogen and oxygen atoms in total. The molecule has 2 rings (SSSR count). The Balaban J connectivity index is 2.24. The second kappa shape index (κ2) is 7.33. The van der Waals surface area contributed by atoms with Crippen LogP contribution in [0.3, 0.4) is 0 Å². The van der Waals surface area contributed by atoms with Gasteiger partial charge < -0.3 is 10.1 Å². The molecular weight excluding hydrogens is 270 g/mol. The molecule has 0 aromatic heterocycles. The molecule has 1 aromatic carbocycles. The quantitative estimate of drug-likeness (QED) is 0.800. The van der Waals surface area contributed by atoms with Crippen LogP contribution in [0.4, 0.5) is 0 Å². The maximum atomic E-state index is 6.24. The van der Waals surface area contributed by atoms with Crippen molar-refractivity contribution in [3.63, 3.8) is 0 Å². The van der Waals surface area contributed by atoms with E-state index < -0.39 is 0 Å². The van der Waals surface area contributed by atoms with E-state index in [1.54, 1.807) is 0 Å². The van der Waals surface area contributed by atoms with Crippen LogP contribution < -0.4 is 10.1 Å². The van der Waals surface area contributed by atoms with E-state index in [4.69, 9.17) is 16.3 Å². The zero-order chi connectivity index (χ0) is 14.5. The maximum absolute atomic E-state index is 6.24. The van der Waals surface area contributed by atoms with E-state index in [9.17, 15) is 0 Å². The summed E-state index contributed by atoms with van der Waals surface area (Å²) in [5.74, 6) is 1.64. The Morgan fingerprint density at radius 1 is 1.30 bits per heavy atom. The van der Waals surface area contributed by atoms with Gasteiger partial charge in [-0.05, 0) is 49.9 Å². The maximum Gasteiger partial charge on any atom is 0.124 e. The number of ether oxygens (including phenoxy) is 1. The molecule has 1 heterocycles. The summed E-state index contributed by atoms with van der Waals surface area (Å²) < 4.78 is 6.24. The van der Waals surface area contributed by atoms with Crippen LogP contribution in [0.5, 0.6) is 5.75 Å². The molecule has 112 valence electrons. The molecule has 0 amide bonds. The third-order valence-electron chi connectivity index (χ3n) is 4.31. The lowest BCUT2D eigenvalue weighted by Gasteiger charge is -2.36. The van der Waals surface area contributed by atoms with E-state index in [1.807, 2.05) is 18.2 Å². The van der Waals surface area contributed by atoms with Crippen LogP contribution in [-0.4, -0.2) is 12.6 Å². The highest BCUT2D eigenvalue weighted by molar-refractivity contribution is 6.30. The van der Waals surface area contributed by atoms with Gasteiger partial charge in [0, 0.05) is 23.0 Å². The number of rotatable bonds is 6. The van der Waals surface area contributed by atoms with Crippen LogP contribution in [0, 0.1) is 5.92 Å². The number of halogens is 1. The molecule has 2 unspecified atom stereocenters. The van der Waals surface area contributed by atoms with E-state index in [1.165, 1.54) is 18.4 Å². The lowest BCUT2D eigenvalue weighted by molar-refractivity contribution is 0.0880. The van der Waals surface area contributed by atoms with Crippen molar-refractivity contribution in [3.8, 4) is 5.75 Å². The summed E-state index contributed by atoms with van der Waals surface area (Å²) in [5, 5.41) is 4.44. The summed E-state index contributed by atoms with van der Waals surface area (Å²) in [5.41, 5.74) is 1.22. The minimum Gasteiger partial charge on any atom is -0.490 e. The van der Waals surface area contributed by atoms with Gasteiger partial charge in [-0.3, -0.25) is 0 Å². The first-order chi connectivity index (χ1) is 9.69. The van der Waals surface area contributed by atoms with Crippen molar-refractivity contribution < 1.29 is 4.74 Å². The molecule has 2 atom stereocenters. The number of hydrogen-bond donors (Lipinski definition) is 1. The molecule has 0 saturated carbocycles. The van der Waals surface area contributed by atoms with Crippen LogP contribution >= 0.6 is 11.6 Å². The second-order valence-electron chi connectivity index (χ2n) is 5.66. The van der Waals surface area contributed by atoms with Crippen LogP contribution in [0.2, 0.25) is 5.02 Å². The Hall–Kier alpha value is -0.730. The molecule has 0 saturated heterocycles. The van der Waals surface area contributed by atoms with Gasteiger partial charge in [-0.15, -0.1) is 0 Å². The highest BCUT2D eigenvalue weighted by Gasteiger charge is 2.31. The zero-order valence-electron chi connectivity index (χ0n) is 12.8. The summed E-state index contributed by atoms with van der Waals surface area (Å²) in [4.78, 5) is 0. The Morgan fingerprint density at radius 2 is 2.05 bits per heavy atom. The van der Waals surface area contributed by atoms with E-state index in [-0.39, 0.29) is 0 Å². The minimum absolute atomic E-state index is 0.313. The third kappa shape index (κ3) is 3.48. The van der Waals surface area contributed by atoms with E-state index >= 15 is 0 Å². The fourth-order valence-electron chi connectivity index (χ4n) is 3.08. The molecule has 0 radical (unpaired) electrons. The summed E-state index contributed by atoms with van der Waals surface area (Å²) in [7, 11) is 0. The van der Waals surface area contributed by atoms with Gasteiger partial charge in [-0.2, -0.15) is 0 Å². The normalized spacial score (nSPS) is 21.6. The van der Waals surface area contributed by atoms with Gasteiger partial charge in [0.2, 0.25) is 0 Å². The zero-order valence-corrected chi connectivity index (χ0v) is 13.5. The number of fused-ring (bicyclic) bond motifs is 1. The van der Waals surface area contributed by atoms with Gasteiger partial charge >= 0.3 is 0 Å². The average Bonchev–Trinajstić information content (AvgIpc) is 2.46. The highest BCUT2D eigenvalue weighted by Crippen LogP contribution is 2.39. The van der Waals surface area contributed by atoms with Gasteiger partial charge in [-0.1, -0.05) is 32.4 Å². The Kier molecular flexibility index (Phi) is 5.74. The van der Waals surface area contributed by atoms with Crippen molar-refractivity contribution in [3.05, 3.63) is 28.8 Å². The van der Waals surface area contributed by atoms with Gasteiger partial charge in [0.25, 0.3) is 0 Å². The van der Waals surface area contributed by atoms with Gasteiger partial charge in [0.05, 0.1) is 0 Å². The topological polar surface area (TPSA) is 21.3 Å². The van der Waals surface area contributed by atoms with Crippen LogP contribution in [0.15, 0.2) is 18.2 Å². The lowest BCUT2D eigenvalue weighted by Crippen LogP contribution is -2.37. The first-order valence-electron chi connectivity index (χ1n) is 7.89.